The highest BCUT2D eigenvalue weighted by atomic mass is 19.1. The Hall–Kier alpha value is -3.81. The molecule has 0 saturated carbocycles. The van der Waals surface area contributed by atoms with Crippen LogP contribution in [-0.2, 0) is 6.61 Å². The number of ketones is 1. The fourth-order valence-electron chi connectivity index (χ4n) is 4.45. The van der Waals surface area contributed by atoms with Crippen molar-refractivity contribution in [3.8, 4) is 11.8 Å². The Morgan fingerprint density at radius 3 is 2.76 bits per heavy atom. The summed E-state index contributed by atoms with van der Waals surface area (Å²) in [7, 11) is 0. The standard InChI is InChI=1S/C26H23F2N3O3/c1-15-11-22-25(23(32)13-17-8-10-33-26-18(17)5-4-9-29-26)16(2)30-31(22)24(12-15)34-14-19-20(27)6-3-7-21(19)28/h3-7,9,11-12,17H,8,10,13-14H2,1-2H3. The number of Topliss-reactive ketones (excluding diaryl/α,β-unsaturated/α-hetero) is 1. The molecule has 8 heteroatoms. The van der Waals surface area contributed by atoms with Crippen LogP contribution in [0.2, 0.25) is 0 Å². The number of benzene rings is 1. The maximum atomic E-state index is 14.0. The maximum Gasteiger partial charge on any atom is 0.216 e. The van der Waals surface area contributed by atoms with E-state index in [1.54, 1.807) is 19.2 Å². The number of carbonyl (C=O) groups excluding carboxylic acids is 1. The molecule has 0 fully saturated rings. The predicted octanol–water partition coefficient (Wildman–Crippen LogP) is 5.34. The first-order valence-corrected chi connectivity index (χ1v) is 11.1. The molecule has 1 atom stereocenters. The van der Waals surface area contributed by atoms with Gasteiger partial charge in [0.15, 0.2) is 5.78 Å². The monoisotopic (exact) mass is 463 g/mol. The van der Waals surface area contributed by atoms with Crippen LogP contribution < -0.4 is 9.47 Å². The van der Waals surface area contributed by atoms with Crippen molar-refractivity contribution in [3.63, 3.8) is 0 Å². The zero-order valence-electron chi connectivity index (χ0n) is 18.8. The summed E-state index contributed by atoms with van der Waals surface area (Å²) in [5.41, 5.74) is 3.29. The van der Waals surface area contributed by atoms with Crippen molar-refractivity contribution in [2.75, 3.05) is 6.61 Å². The molecule has 0 saturated heterocycles. The highest BCUT2D eigenvalue weighted by Crippen LogP contribution is 2.36. The van der Waals surface area contributed by atoms with Crippen LogP contribution in [0.5, 0.6) is 11.8 Å². The van der Waals surface area contributed by atoms with Gasteiger partial charge in [-0.2, -0.15) is 5.10 Å². The molecule has 0 aliphatic carbocycles. The molecular formula is C26H23F2N3O3. The van der Waals surface area contributed by atoms with Crippen molar-refractivity contribution in [1.82, 2.24) is 14.6 Å². The molecule has 1 aliphatic rings. The summed E-state index contributed by atoms with van der Waals surface area (Å²) >= 11 is 0. The van der Waals surface area contributed by atoms with E-state index in [1.807, 2.05) is 25.1 Å². The second kappa shape index (κ2) is 8.85. The number of carbonyl (C=O) groups is 1. The molecule has 4 heterocycles. The van der Waals surface area contributed by atoms with E-state index in [4.69, 9.17) is 9.47 Å². The molecule has 174 valence electrons. The van der Waals surface area contributed by atoms with Gasteiger partial charge in [-0.25, -0.2) is 18.3 Å². The molecule has 1 unspecified atom stereocenters. The van der Waals surface area contributed by atoms with Crippen molar-refractivity contribution in [2.24, 2.45) is 0 Å². The first-order chi connectivity index (χ1) is 16.4. The smallest absolute Gasteiger partial charge is 0.216 e. The Bertz CT molecular complexity index is 1380. The zero-order valence-corrected chi connectivity index (χ0v) is 18.8. The second-order valence-electron chi connectivity index (χ2n) is 8.48. The van der Waals surface area contributed by atoms with E-state index >= 15 is 0 Å². The van der Waals surface area contributed by atoms with Crippen molar-refractivity contribution in [1.29, 1.82) is 0 Å². The van der Waals surface area contributed by atoms with E-state index in [9.17, 15) is 13.6 Å². The van der Waals surface area contributed by atoms with E-state index in [0.717, 1.165) is 17.5 Å². The summed E-state index contributed by atoms with van der Waals surface area (Å²) in [6, 6.07) is 11.1. The first kappa shape index (κ1) is 22.0. The highest BCUT2D eigenvalue weighted by molar-refractivity contribution is 6.04. The van der Waals surface area contributed by atoms with E-state index in [0.29, 0.717) is 41.6 Å². The van der Waals surface area contributed by atoms with E-state index in [2.05, 4.69) is 10.1 Å². The topological polar surface area (TPSA) is 65.7 Å². The van der Waals surface area contributed by atoms with Gasteiger partial charge in [-0.1, -0.05) is 12.1 Å². The number of rotatable bonds is 6. The zero-order chi connectivity index (χ0) is 23.8. The van der Waals surface area contributed by atoms with Gasteiger partial charge in [0.25, 0.3) is 0 Å². The quantitative estimate of drug-likeness (QED) is 0.361. The minimum absolute atomic E-state index is 0.00357. The Morgan fingerprint density at radius 1 is 1.18 bits per heavy atom. The van der Waals surface area contributed by atoms with E-state index in [1.165, 1.54) is 22.7 Å². The van der Waals surface area contributed by atoms with Crippen LogP contribution in [0.4, 0.5) is 8.78 Å². The molecule has 0 amide bonds. The van der Waals surface area contributed by atoms with Gasteiger partial charge < -0.3 is 9.47 Å². The molecule has 1 aromatic carbocycles. The summed E-state index contributed by atoms with van der Waals surface area (Å²) in [5, 5.41) is 4.52. The third-order valence-corrected chi connectivity index (χ3v) is 6.10. The summed E-state index contributed by atoms with van der Waals surface area (Å²) in [4.78, 5) is 17.7. The SMILES string of the molecule is Cc1cc(OCc2c(F)cccc2F)n2nc(C)c(C(=O)CC3CCOc4ncccc43)c2c1. The summed E-state index contributed by atoms with van der Waals surface area (Å²) < 4.78 is 41.0. The molecule has 5 rings (SSSR count). The van der Waals surface area contributed by atoms with Crippen molar-refractivity contribution < 1.29 is 23.0 Å². The van der Waals surface area contributed by atoms with Crippen molar-refractivity contribution in [3.05, 3.63) is 88.2 Å². The molecule has 0 bridgehead atoms. The molecule has 3 aromatic heterocycles. The number of ether oxygens (including phenoxy) is 2. The Morgan fingerprint density at radius 2 is 1.97 bits per heavy atom. The summed E-state index contributed by atoms with van der Waals surface area (Å²) in [6.45, 7) is 3.85. The van der Waals surface area contributed by atoms with Crippen LogP contribution in [0.15, 0.2) is 48.7 Å². The summed E-state index contributed by atoms with van der Waals surface area (Å²) in [5.74, 6) is -0.504. The number of hydrogen-bond donors (Lipinski definition) is 0. The lowest BCUT2D eigenvalue weighted by molar-refractivity contribution is 0.0966. The average Bonchev–Trinajstić information content (AvgIpc) is 3.14. The third-order valence-electron chi connectivity index (χ3n) is 6.10. The Labute approximate surface area is 195 Å². The number of halogens is 2. The lowest BCUT2D eigenvalue weighted by Crippen LogP contribution is -2.18. The fraction of sp³-hybridized carbons (Fsp3) is 0.269. The molecular weight excluding hydrogens is 440 g/mol. The summed E-state index contributed by atoms with van der Waals surface area (Å²) in [6.07, 6.45) is 2.70. The van der Waals surface area contributed by atoms with Crippen molar-refractivity contribution in [2.45, 2.75) is 39.2 Å². The molecule has 34 heavy (non-hydrogen) atoms. The highest BCUT2D eigenvalue weighted by Gasteiger charge is 2.28. The van der Waals surface area contributed by atoms with Crippen LogP contribution in [-0.4, -0.2) is 27.0 Å². The minimum Gasteiger partial charge on any atom is -0.477 e. The van der Waals surface area contributed by atoms with Crippen LogP contribution in [0.25, 0.3) is 5.52 Å². The molecule has 4 aromatic rings. The van der Waals surface area contributed by atoms with Crippen LogP contribution >= 0.6 is 0 Å². The molecule has 0 N–H and O–H groups in total. The van der Waals surface area contributed by atoms with Gasteiger partial charge in [-0.15, -0.1) is 0 Å². The van der Waals surface area contributed by atoms with Gasteiger partial charge >= 0.3 is 0 Å². The largest absolute Gasteiger partial charge is 0.477 e. The molecule has 0 radical (unpaired) electrons. The fourth-order valence-corrected chi connectivity index (χ4v) is 4.45. The van der Waals surface area contributed by atoms with Gasteiger partial charge in [-0.3, -0.25) is 4.79 Å². The Balaban J connectivity index is 1.46. The Kier molecular flexibility index (Phi) is 5.73. The maximum absolute atomic E-state index is 14.0. The second-order valence-corrected chi connectivity index (χ2v) is 8.48. The van der Waals surface area contributed by atoms with Gasteiger partial charge in [0.1, 0.15) is 18.2 Å². The normalized spacial score (nSPS) is 15.1. The minimum atomic E-state index is -0.678. The molecule has 1 aliphatic heterocycles. The van der Waals surface area contributed by atoms with E-state index in [-0.39, 0.29) is 23.9 Å². The third kappa shape index (κ3) is 4.00. The number of nitrogens with zero attached hydrogens (tertiary/aromatic N) is 3. The van der Waals surface area contributed by atoms with Gasteiger partial charge in [0.2, 0.25) is 11.8 Å². The lowest BCUT2D eigenvalue weighted by atomic mass is 9.88. The predicted molar refractivity (Wildman–Crippen MR) is 121 cm³/mol. The number of hydrogen-bond acceptors (Lipinski definition) is 5. The number of aryl methyl sites for hydroxylation is 2. The van der Waals surface area contributed by atoms with Crippen molar-refractivity contribution >= 4 is 11.3 Å². The van der Waals surface area contributed by atoms with Crippen LogP contribution in [0, 0.1) is 25.5 Å². The molecule has 0 spiro atoms. The first-order valence-electron chi connectivity index (χ1n) is 11.1. The number of pyridine rings is 2. The lowest BCUT2D eigenvalue weighted by Gasteiger charge is -2.24. The average molecular weight is 463 g/mol. The van der Waals surface area contributed by atoms with Crippen LogP contribution in [0.3, 0.4) is 0 Å². The van der Waals surface area contributed by atoms with E-state index < -0.39 is 11.6 Å². The van der Waals surface area contributed by atoms with Gasteiger partial charge in [0.05, 0.1) is 28.9 Å². The van der Waals surface area contributed by atoms with Gasteiger partial charge in [0, 0.05) is 24.2 Å². The van der Waals surface area contributed by atoms with Gasteiger partial charge in [-0.05, 0) is 56.0 Å². The number of aromatic nitrogens is 3. The van der Waals surface area contributed by atoms with Crippen LogP contribution in [0.1, 0.15) is 51.5 Å². The molecule has 6 nitrogen and oxygen atoms in total. The number of fused-ring (bicyclic) bond motifs is 2.